The molecule has 0 bridgehead atoms. The van der Waals surface area contributed by atoms with E-state index in [1.165, 1.54) is 0 Å². The Labute approximate surface area is 112 Å². The lowest BCUT2D eigenvalue weighted by Crippen LogP contribution is -2.35. The number of nitrogens with zero attached hydrogens (tertiary/aromatic N) is 1. The molecule has 0 amide bonds. The van der Waals surface area contributed by atoms with Crippen LogP contribution < -0.4 is 5.32 Å². The highest BCUT2D eigenvalue weighted by Gasteiger charge is 2.25. The number of pyridine rings is 1. The van der Waals surface area contributed by atoms with Crippen molar-refractivity contribution in [2.45, 2.75) is 40.2 Å². The van der Waals surface area contributed by atoms with E-state index < -0.39 is 0 Å². The third kappa shape index (κ3) is 3.96. The van der Waals surface area contributed by atoms with Crippen molar-refractivity contribution in [2.24, 2.45) is 5.41 Å². The number of rotatable bonds is 4. The molecule has 1 aromatic rings. The summed E-state index contributed by atoms with van der Waals surface area (Å²) in [6, 6.07) is 2.16. The molecule has 0 aliphatic heterocycles. The van der Waals surface area contributed by atoms with Crippen molar-refractivity contribution in [3.8, 4) is 0 Å². The number of nitrogens with one attached hydrogen (secondary N) is 1. The number of halogens is 1. The molecule has 17 heavy (non-hydrogen) atoms. The lowest BCUT2D eigenvalue weighted by molar-refractivity contribution is 0.235. The van der Waals surface area contributed by atoms with Crippen molar-refractivity contribution in [2.75, 3.05) is 11.9 Å². The second-order valence-corrected chi connectivity index (χ2v) is 6.16. The Hall–Kier alpha value is -0.610. The Morgan fingerprint density at radius 2 is 2.12 bits per heavy atom. The van der Waals surface area contributed by atoms with Gasteiger partial charge in [-0.2, -0.15) is 0 Å². The van der Waals surface area contributed by atoms with Gasteiger partial charge in [0, 0.05) is 18.8 Å². The quantitative estimate of drug-likeness (QED) is 0.896. The van der Waals surface area contributed by atoms with E-state index in [1.807, 2.05) is 13.0 Å². The van der Waals surface area contributed by atoms with Gasteiger partial charge in [0.05, 0.1) is 4.47 Å². The SMILES string of the molecule is Cc1ccnc(NC(CCO)C(C)(C)C)c1Br. The minimum Gasteiger partial charge on any atom is -0.396 e. The molecule has 1 atom stereocenters. The molecule has 1 unspecified atom stereocenters. The maximum Gasteiger partial charge on any atom is 0.140 e. The van der Waals surface area contributed by atoms with Crippen molar-refractivity contribution in [1.29, 1.82) is 0 Å². The van der Waals surface area contributed by atoms with E-state index in [0.29, 0.717) is 6.42 Å². The monoisotopic (exact) mass is 300 g/mol. The number of aliphatic hydroxyl groups is 1. The van der Waals surface area contributed by atoms with Crippen LogP contribution in [0.4, 0.5) is 5.82 Å². The number of aromatic nitrogens is 1. The summed E-state index contributed by atoms with van der Waals surface area (Å²) >= 11 is 3.54. The average Bonchev–Trinajstić information content (AvgIpc) is 2.22. The molecule has 0 aliphatic rings. The Morgan fingerprint density at radius 1 is 1.47 bits per heavy atom. The van der Waals surface area contributed by atoms with Crippen LogP contribution in [-0.2, 0) is 0 Å². The van der Waals surface area contributed by atoms with Gasteiger partial charge in [0.2, 0.25) is 0 Å². The standard InChI is InChI=1S/C13H21BrN2O/c1-9-5-7-15-12(11(9)14)16-10(6-8-17)13(2,3)4/h5,7,10,17H,6,8H2,1-4H3,(H,15,16). The van der Waals surface area contributed by atoms with Crippen LogP contribution in [0.25, 0.3) is 0 Å². The van der Waals surface area contributed by atoms with Crippen LogP contribution >= 0.6 is 15.9 Å². The van der Waals surface area contributed by atoms with E-state index in [-0.39, 0.29) is 18.1 Å². The number of hydrogen-bond acceptors (Lipinski definition) is 3. The number of hydrogen-bond donors (Lipinski definition) is 2. The van der Waals surface area contributed by atoms with Crippen molar-refractivity contribution < 1.29 is 5.11 Å². The first kappa shape index (κ1) is 14.5. The lowest BCUT2D eigenvalue weighted by Gasteiger charge is -2.32. The average molecular weight is 301 g/mol. The summed E-state index contributed by atoms with van der Waals surface area (Å²) in [6.07, 6.45) is 2.51. The molecule has 2 N–H and O–H groups in total. The number of aryl methyl sites for hydroxylation is 1. The fourth-order valence-electron chi connectivity index (χ4n) is 1.66. The molecular formula is C13H21BrN2O. The fraction of sp³-hybridized carbons (Fsp3) is 0.615. The zero-order valence-electron chi connectivity index (χ0n) is 10.9. The van der Waals surface area contributed by atoms with Crippen LogP contribution in [-0.4, -0.2) is 22.7 Å². The van der Waals surface area contributed by atoms with Crippen LogP contribution in [0.2, 0.25) is 0 Å². The van der Waals surface area contributed by atoms with Gasteiger partial charge >= 0.3 is 0 Å². The fourth-order valence-corrected chi connectivity index (χ4v) is 2.01. The predicted molar refractivity (Wildman–Crippen MR) is 75.2 cm³/mol. The van der Waals surface area contributed by atoms with E-state index >= 15 is 0 Å². The van der Waals surface area contributed by atoms with E-state index in [0.717, 1.165) is 15.9 Å². The van der Waals surface area contributed by atoms with Gasteiger partial charge in [-0.05, 0) is 46.3 Å². The molecular weight excluding hydrogens is 280 g/mol. The molecule has 4 heteroatoms. The summed E-state index contributed by atoms with van der Waals surface area (Å²) in [5, 5.41) is 12.5. The van der Waals surface area contributed by atoms with Gasteiger partial charge in [0.1, 0.15) is 5.82 Å². The third-order valence-electron chi connectivity index (χ3n) is 2.86. The highest BCUT2D eigenvalue weighted by Crippen LogP contribution is 2.29. The molecule has 0 spiro atoms. The third-order valence-corrected chi connectivity index (χ3v) is 3.86. The first-order chi connectivity index (χ1) is 7.86. The van der Waals surface area contributed by atoms with Crippen molar-refractivity contribution in [3.63, 3.8) is 0 Å². The summed E-state index contributed by atoms with van der Waals surface area (Å²) in [7, 11) is 0. The van der Waals surface area contributed by atoms with Gasteiger partial charge in [0.15, 0.2) is 0 Å². The molecule has 0 fully saturated rings. The molecule has 0 radical (unpaired) electrons. The van der Waals surface area contributed by atoms with Crippen LogP contribution in [0.1, 0.15) is 32.8 Å². The smallest absolute Gasteiger partial charge is 0.140 e. The lowest BCUT2D eigenvalue weighted by atomic mass is 9.85. The van der Waals surface area contributed by atoms with Gasteiger partial charge in [-0.25, -0.2) is 4.98 Å². The molecule has 1 rings (SSSR count). The Morgan fingerprint density at radius 3 is 2.65 bits per heavy atom. The summed E-state index contributed by atoms with van der Waals surface area (Å²) in [6.45, 7) is 8.69. The maximum absolute atomic E-state index is 9.13. The molecule has 0 aromatic carbocycles. The van der Waals surface area contributed by atoms with Gasteiger partial charge in [-0.1, -0.05) is 20.8 Å². The van der Waals surface area contributed by atoms with Gasteiger partial charge < -0.3 is 10.4 Å². The van der Waals surface area contributed by atoms with Crippen molar-refractivity contribution >= 4 is 21.7 Å². The van der Waals surface area contributed by atoms with Crippen LogP contribution in [0.15, 0.2) is 16.7 Å². The zero-order valence-corrected chi connectivity index (χ0v) is 12.5. The minimum absolute atomic E-state index is 0.0770. The molecule has 1 heterocycles. The second-order valence-electron chi connectivity index (χ2n) is 5.37. The molecule has 0 saturated heterocycles. The molecule has 0 aliphatic carbocycles. The predicted octanol–water partition coefficient (Wildman–Crippen LogP) is 3.36. The highest BCUT2D eigenvalue weighted by atomic mass is 79.9. The summed E-state index contributed by atoms with van der Waals surface area (Å²) in [4.78, 5) is 4.34. The summed E-state index contributed by atoms with van der Waals surface area (Å²) < 4.78 is 0.993. The van der Waals surface area contributed by atoms with Crippen LogP contribution in [0, 0.1) is 12.3 Å². The number of aliphatic hydroxyl groups excluding tert-OH is 1. The first-order valence-electron chi connectivity index (χ1n) is 5.84. The normalized spacial score (nSPS) is 13.5. The topological polar surface area (TPSA) is 45.2 Å². The Bertz CT molecular complexity index is 374. The Kier molecular flexibility index (Phi) is 4.95. The highest BCUT2D eigenvalue weighted by molar-refractivity contribution is 9.10. The van der Waals surface area contributed by atoms with E-state index in [4.69, 9.17) is 5.11 Å². The van der Waals surface area contributed by atoms with E-state index in [9.17, 15) is 0 Å². The zero-order chi connectivity index (χ0) is 13.1. The van der Waals surface area contributed by atoms with Gasteiger partial charge in [0.25, 0.3) is 0 Å². The molecule has 96 valence electrons. The summed E-state index contributed by atoms with van der Waals surface area (Å²) in [5.41, 5.74) is 1.23. The second kappa shape index (κ2) is 5.83. The first-order valence-corrected chi connectivity index (χ1v) is 6.64. The largest absolute Gasteiger partial charge is 0.396 e. The van der Waals surface area contributed by atoms with E-state index in [2.05, 4.69) is 47.0 Å². The van der Waals surface area contributed by atoms with Crippen molar-refractivity contribution in [1.82, 2.24) is 4.98 Å². The Balaban J connectivity index is 2.90. The van der Waals surface area contributed by atoms with Crippen LogP contribution in [0.3, 0.4) is 0 Å². The number of anilines is 1. The van der Waals surface area contributed by atoms with Gasteiger partial charge in [-0.15, -0.1) is 0 Å². The molecule has 0 saturated carbocycles. The molecule has 3 nitrogen and oxygen atoms in total. The van der Waals surface area contributed by atoms with Crippen molar-refractivity contribution in [3.05, 3.63) is 22.3 Å². The maximum atomic E-state index is 9.13. The van der Waals surface area contributed by atoms with Gasteiger partial charge in [-0.3, -0.25) is 0 Å². The van der Waals surface area contributed by atoms with Crippen LogP contribution in [0.5, 0.6) is 0 Å². The molecule has 1 aromatic heterocycles. The minimum atomic E-state index is 0.0770. The summed E-state index contributed by atoms with van der Waals surface area (Å²) in [5.74, 6) is 0.846. The van der Waals surface area contributed by atoms with E-state index in [1.54, 1.807) is 6.20 Å².